The van der Waals surface area contributed by atoms with Gasteiger partial charge < -0.3 is 44.9 Å². The van der Waals surface area contributed by atoms with Crippen molar-refractivity contribution in [2.45, 2.75) is 144 Å². The van der Waals surface area contributed by atoms with Crippen LogP contribution in [0.25, 0.3) is 0 Å². The molecule has 1 saturated heterocycles. The van der Waals surface area contributed by atoms with Crippen molar-refractivity contribution in [2.24, 2.45) is 17.8 Å². The molecule has 0 aromatic heterocycles. The van der Waals surface area contributed by atoms with E-state index in [1.165, 1.54) is 6.42 Å². The number of hydrogen-bond acceptors (Lipinski definition) is 10. The van der Waals surface area contributed by atoms with E-state index in [0.29, 0.717) is 6.54 Å². The quantitative estimate of drug-likeness (QED) is 0.0900. The number of likely N-dealkylation sites (tertiary alicyclic amines) is 1. The van der Waals surface area contributed by atoms with Crippen molar-refractivity contribution in [1.29, 1.82) is 0 Å². The first-order chi connectivity index (χ1) is 30.4. The number of nitrogens with one attached hydrogen (secondary N) is 2. The summed E-state index contributed by atoms with van der Waals surface area (Å²) in [6.07, 6.45) is 5.51. The molecule has 8 atom stereocenters. The van der Waals surface area contributed by atoms with E-state index in [4.69, 9.17) is 9.47 Å². The van der Waals surface area contributed by atoms with Gasteiger partial charge in [-0.25, -0.2) is 4.79 Å². The molecule has 1 fully saturated rings. The number of carboxylic acids is 1. The molecule has 8 unspecified atom stereocenters. The van der Waals surface area contributed by atoms with Crippen molar-refractivity contribution in [3.8, 4) is 5.75 Å². The zero-order chi connectivity index (χ0) is 48.9. The number of aromatic hydroxyl groups is 1. The maximum atomic E-state index is 13.0. The van der Waals surface area contributed by atoms with E-state index in [1.807, 2.05) is 103 Å². The number of ether oxygens (including phenoxy) is 2. The first-order valence-corrected chi connectivity index (χ1v) is 23.2. The Kier molecular flexibility index (Phi) is 30.9. The van der Waals surface area contributed by atoms with Gasteiger partial charge in [-0.1, -0.05) is 118 Å². The van der Waals surface area contributed by atoms with Gasteiger partial charge in [0.2, 0.25) is 17.7 Å². The van der Waals surface area contributed by atoms with Gasteiger partial charge in [-0.2, -0.15) is 0 Å². The monoisotopic (exact) mass is 900 g/mol. The number of amides is 3. The number of nitrogens with zero attached hydrogens (tertiary/aromatic N) is 3. The maximum absolute atomic E-state index is 13.0. The summed E-state index contributed by atoms with van der Waals surface area (Å²) >= 11 is 0. The van der Waals surface area contributed by atoms with Crippen LogP contribution < -0.4 is 10.6 Å². The summed E-state index contributed by atoms with van der Waals surface area (Å²) in [5.41, 5.74) is 1.95. The molecule has 64 heavy (non-hydrogen) atoms. The summed E-state index contributed by atoms with van der Waals surface area (Å²) in [7, 11) is 8.79. The van der Waals surface area contributed by atoms with Gasteiger partial charge in [0.05, 0.1) is 36.8 Å². The third-order valence-corrected chi connectivity index (χ3v) is 11.6. The SMILES string of the molecule is CC.CCC.CCC(C)C(C(CC=O)OC)N(C)C(=O)CNC(=O)C(C(C)C)N(C)CCc1ccc(O)cc1.COC(C(C)C(=O)NC(Cc1ccccc1)C(=O)O)C1CCCN1C. The lowest BCUT2D eigenvalue weighted by Gasteiger charge is -2.37. The van der Waals surface area contributed by atoms with E-state index in [-0.39, 0.29) is 78.9 Å². The van der Waals surface area contributed by atoms with Crippen molar-refractivity contribution in [2.75, 3.05) is 55.0 Å². The topological polar surface area (TPSA) is 178 Å². The molecule has 0 aliphatic carbocycles. The molecule has 14 nitrogen and oxygen atoms in total. The molecule has 3 rings (SSSR count). The largest absolute Gasteiger partial charge is 0.508 e. The third kappa shape index (κ3) is 20.6. The van der Waals surface area contributed by atoms with Crippen LogP contribution in [0.3, 0.4) is 0 Å². The lowest BCUT2D eigenvalue weighted by molar-refractivity contribution is -0.143. The Bertz CT molecular complexity index is 1600. The number of likely N-dealkylation sites (N-methyl/N-ethyl adjacent to an activating group) is 3. The third-order valence-electron chi connectivity index (χ3n) is 11.6. The van der Waals surface area contributed by atoms with Gasteiger partial charge in [0.1, 0.15) is 18.1 Å². The molecule has 0 radical (unpaired) electrons. The second-order valence-electron chi connectivity index (χ2n) is 16.8. The molecule has 0 bridgehead atoms. The van der Waals surface area contributed by atoms with Crippen LogP contribution in [0.1, 0.15) is 106 Å². The minimum Gasteiger partial charge on any atom is -0.508 e. The number of aldehydes is 1. The number of hydrogen-bond donors (Lipinski definition) is 4. The fourth-order valence-electron chi connectivity index (χ4n) is 7.93. The van der Waals surface area contributed by atoms with Gasteiger partial charge in [0.25, 0.3) is 0 Å². The minimum atomic E-state index is -1.03. The van der Waals surface area contributed by atoms with Crippen LogP contribution in [0.2, 0.25) is 0 Å². The highest BCUT2D eigenvalue weighted by atomic mass is 16.5. The van der Waals surface area contributed by atoms with Crippen molar-refractivity contribution in [3.05, 3.63) is 65.7 Å². The molecule has 2 aromatic rings. The van der Waals surface area contributed by atoms with Crippen LogP contribution in [-0.2, 0) is 46.3 Å². The molecule has 1 aliphatic heterocycles. The van der Waals surface area contributed by atoms with Gasteiger partial charge in [-0.3, -0.25) is 19.3 Å². The van der Waals surface area contributed by atoms with Gasteiger partial charge in [0.15, 0.2) is 0 Å². The fraction of sp³-hybridized carbons (Fsp3) is 0.660. The summed E-state index contributed by atoms with van der Waals surface area (Å²) in [4.78, 5) is 67.1. The minimum absolute atomic E-state index is 0.0518. The molecule has 14 heteroatoms. The number of methoxy groups -OCH3 is 2. The zero-order valence-electron chi connectivity index (χ0n) is 41.6. The smallest absolute Gasteiger partial charge is 0.326 e. The molecule has 364 valence electrons. The Hall–Kier alpha value is -4.37. The fourth-order valence-corrected chi connectivity index (χ4v) is 7.93. The Morgan fingerprint density at radius 2 is 1.50 bits per heavy atom. The van der Waals surface area contributed by atoms with Gasteiger partial charge >= 0.3 is 5.97 Å². The average Bonchev–Trinajstić information content (AvgIpc) is 3.70. The van der Waals surface area contributed by atoms with E-state index in [0.717, 1.165) is 49.6 Å². The Morgan fingerprint density at radius 3 is 1.97 bits per heavy atom. The lowest BCUT2D eigenvalue weighted by Crippen LogP contribution is -2.54. The highest BCUT2D eigenvalue weighted by molar-refractivity contribution is 5.88. The Balaban J connectivity index is 0.00000116. The molecule has 3 amide bonds. The average molecular weight is 900 g/mol. The summed E-state index contributed by atoms with van der Waals surface area (Å²) in [6.45, 7) is 19.6. The van der Waals surface area contributed by atoms with E-state index in [1.54, 1.807) is 45.2 Å². The predicted octanol–water partition coefficient (Wildman–Crippen LogP) is 6.47. The summed E-state index contributed by atoms with van der Waals surface area (Å²) < 4.78 is 11.1. The van der Waals surface area contributed by atoms with E-state index >= 15 is 0 Å². The van der Waals surface area contributed by atoms with Crippen molar-refractivity contribution in [1.82, 2.24) is 25.3 Å². The standard InChI is InChI=1S/C26H43N3O5.C19H28N2O4.C3H8.C2H6/c1-8-19(4)25(22(34-7)14-16-30)29(6)23(32)17-27-26(33)24(18(2)3)28(5)15-13-20-9-11-21(31)12-10-20;1-13(17(25-3)16-10-7-11-21(16)2)18(22)20-15(19(23)24)12-14-8-5-4-6-9-14;1-3-2;1-2/h9-12,16,18-19,22,24-25,31H,8,13-15,17H2,1-7H3,(H,27,33);4-6,8-9,13,15-17H,7,10-12H2,1-3H3,(H,20,22)(H,23,24);3H2,1-2H3;1-2H3. The van der Waals surface area contributed by atoms with Gasteiger partial charge in [0, 0.05) is 46.7 Å². The number of carbonyl (C=O) groups excluding carboxylic acids is 4. The Morgan fingerprint density at radius 1 is 0.906 bits per heavy atom. The van der Waals surface area contributed by atoms with E-state index in [9.17, 15) is 34.2 Å². The number of phenols is 1. The highest BCUT2D eigenvalue weighted by Gasteiger charge is 2.37. The summed E-state index contributed by atoms with van der Waals surface area (Å²) in [5.74, 6) is -1.74. The van der Waals surface area contributed by atoms with E-state index in [2.05, 4.69) is 29.4 Å². The number of carboxylic acid groups (broad SMARTS) is 1. The highest BCUT2D eigenvalue weighted by Crippen LogP contribution is 2.25. The van der Waals surface area contributed by atoms with Crippen LogP contribution in [-0.4, -0.2) is 146 Å². The summed E-state index contributed by atoms with van der Waals surface area (Å²) in [5, 5.41) is 24.4. The zero-order valence-corrected chi connectivity index (χ0v) is 41.6. The number of aliphatic carboxylic acids is 1. The number of phenolic OH excluding ortho intramolecular Hbond substituents is 1. The number of rotatable bonds is 23. The van der Waals surface area contributed by atoms with Gasteiger partial charge in [-0.05, 0) is 75.0 Å². The number of benzene rings is 2. The van der Waals surface area contributed by atoms with Gasteiger partial charge in [-0.15, -0.1) is 0 Å². The lowest BCUT2D eigenvalue weighted by atomic mass is 9.91. The first kappa shape index (κ1) is 59.6. The van der Waals surface area contributed by atoms with Crippen molar-refractivity contribution >= 4 is 30.0 Å². The molecule has 0 spiro atoms. The molecule has 4 N–H and O–H groups in total. The Labute approximate surface area is 385 Å². The maximum Gasteiger partial charge on any atom is 0.326 e. The second kappa shape index (κ2) is 33.2. The molecular weight excluding hydrogens is 815 g/mol. The van der Waals surface area contributed by atoms with Crippen LogP contribution in [0.5, 0.6) is 5.75 Å². The predicted molar refractivity (Wildman–Crippen MR) is 256 cm³/mol. The molecule has 0 saturated carbocycles. The molecule has 1 heterocycles. The van der Waals surface area contributed by atoms with Crippen LogP contribution >= 0.6 is 0 Å². The van der Waals surface area contributed by atoms with Crippen LogP contribution in [0.15, 0.2) is 54.6 Å². The van der Waals surface area contributed by atoms with Crippen LogP contribution in [0, 0.1) is 17.8 Å². The van der Waals surface area contributed by atoms with Crippen LogP contribution in [0.4, 0.5) is 0 Å². The van der Waals surface area contributed by atoms with Crippen molar-refractivity contribution < 1.29 is 43.7 Å². The van der Waals surface area contributed by atoms with Crippen molar-refractivity contribution in [3.63, 3.8) is 0 Å². The first-order valence-electron chi connectivity index (χ1n) is 23.2. The second-order valence-corrected chi connectivity index (χ2v) is 16.8. The van der Waals surface area contributed by atoms with E-state index < -0.39 is 24.0 Å². The molecule has 2 aromatic carbocycles. The molecule has 1 aliphatic rings. The normalized spacial score (nSPS) is 16.7. The number of carbonyl (C=O) groups is 5. The summed E-state index contributed by atoms with van der Waals surface area (Å²) in [6, 6.07) is 14.9. The molecular formula is C50H85N5O9.